The third-order valence-electron chi connectivity index (χ3n) is 4.44. The van der Waals surface area contributed by atoms with Gasteiger partial charge in [-0.2, -0.15) is 5.26 Å². The number of ether oxygens (including phenoxy) is 1. The van der Waals surface area contributed by atoms with Crippen LogP contribution >= 0.6 is 11.6 Å². The van der Waals surface area contributed by atoms with Gasteiger partial charge in [0.05, 0.1) is 23.4 Å². The summed E-state index contributed by atoms with van der Waals surface area (Å²) in [6, 6.07) is 16.4. The lowest BCUT2D eigenvalue weighted by molar-refractivity contribution is 0.318. The van der Waals surface area contributed by atoms with E-state index in [0.717, 1.165) is 46.6 Å². The van der Waals surface area contributed by atoms with Crippen molar-refractivity contribution in [3.8, 4) is 23.1 Å². The molecule has 0 unspecified atom stereocenters. The number of rotatable bonds is 7. The first kappa shape index (κ1) is 18.2. The number of hydrogen-bond acceptors (Lipinski definition) is 3. The van der Waals surface area contributed by atoms with Gasteiger partial charge < -0.3 is 14.6 Å². The number of fused-ring (bicyclic) bond motifs is 1. The molecule has 0 saturated heterocycles. The minimum atomic E-state index is 0.581. The summed E-state index contributed by atoms with van der Waals surface area (Å²) in [7, 11) is 1.89. The Morgan fingerprint density at radius 1 is 1.23 bits per heavy atom. The van der Waals surface area contributed by atoms with Crippen LogP contribution in [-0.4, -0.2) is 24.1 Å². The van der Waals surface area contributed by atoms with Gasteiger partial charge in [-0.25, -0.2) is 0 Å². The Balaban J connectivity index is 2.17. The van der Waals surface area contributed by atoms with E-state index >= 15 is 0 Å². The number of aryl methyl sites for hydroxylation is 1. The van der Waals surface area contributed by atoms with Crippen LogP contribution in [0.5, 0.6) is 5.75 Å². The van der Waals surface area contributed by atoms with E-state index in [2.05, 4.69) is 28.9 Å². The molecular formula is C21H22ClN3O. The fourth-order valence-electron chi connectivity index (χ4n) is 3.23. The fourth-order valence-corrected chi connectivity index (χ4v) is 3.34. The molecule has 1 aromatic heterocycles. The van der Waals surface area contributed by atoms with Crippen molar-refractivity contribution in [1.29, 1.82) is 5.26 Å². The minimum absolute atomic E-state index is 0.581. The lowest BCUT2D eigenvalue weighted by Crippen LogP contribution is -2.00. The Bertz CT molecular complexity index is 956. The Morgan fingerprint density at radius 3 is 2.77 bits per heavy atom. The molecule has 0 aliphatic carbocycles. The van der Waals surface area contributed by atoms with E-state index in [1.165, 1.54) is 0 Å². The van der Waals surface area contributed by atoms with Crippen LogP contribution in [0.3, 0.4) is 0 Å². The maximum Gasteiger partial charge on any atom is 0.121 e. The maximum absolute atomic E-state index is 9.83. The van der Waals surface area contributed by atoms with Gasteiger partial charge in [-0.05, 0) is 37.6 Å². The number of nitrogens with one attached hydrogen (secondary N) is 1. The van der Waals surface area contributed by atoms with E-state index in [1.54, 1.807) is 0 Å². The highest BCUT2D eigenvalue weighted by atomic mass is 35.5. The van der Waals surface area contributed by atoms with E-state index in [9.17, 15) is 5.26 Å². The number of alkyl halides is 1. The number of benzene rings is 2. The molecule has 1 heterocycles. The van der Waals surface area contributed by atoms with E-state index in [0.29, 0.717) is 18.1 Å². The number of aromatic nitrogens is 1. The van der Waals surface area contributed by atoms with E-state index < -0.39 is 0 Å². The van der Waals surface area contributed by atoms with Crippen molar-refractivity contribution in [2.45, 2.75) is 19.9 Å². The predicted octanol–water partition coefficient (Wildman–Crippen LogP) is 5.25. The summed E-state index contributed by atoms with van der Waals surface area (Å²) in [5.41, 5.74) is 4.69. The molecule has 2 aromatic carbocycles. The highest BCUT2D eigenvalue weighted by molar-refractivity contribution is 6.17. The van der Waals surface area contributed by atoms with Crippen LogP contribution in [0.25, 0.3) is 22.2 Å². The van der Waals surface area contributed by atoms with Gasteiger partial charge >= 0.3 is 0 Å². The molecule has 0 bridgehead atoms. The summed E-state index contributed by atoms with van der Waals surface area (Å²) in [6.07, 6.45) is 0.805. The zero-order chi connectivity index (χ0) is 18.5. The quantitative estimate of drug-likeness (QED) is 0.458. The molecule has 1 N–H and O–H groups in total. The standard InChI is InChI=1S/C21H22ClN3O/c1-3-25-20-13-17(26-11-5-10-22)8-9-18(20)19(14-23)21(25)15-6-4-7-16(12-15)24-2/h4,6-9,12-13,24H,3,5,10-11H2,1-2H3. The van der Waals surface area contributed by atoms with Crippen LogP contribution in [-0.2, 0) is 6.54 Å². The highest BCUT2D eigenvalue weighted by Crippen LogP contribution is 2.36. The molecule has 0 aliphatic rings. The average Bonchev–Trinajstić information content (AvgIpc) is 3.01. The molecule has 5 heteroatoms. The molecular weight excluding hydrogens is 346 g/mol. The number of nitrogens with zero attached hydrogens (tertiary/aromatic N) is 2. The van der Waals surface area contributed by atoms with Gasteiger partial charge in [-0.15, -0.1) is 11.6 Å². The molecule has 0 saturated carbocycles. The molecule has 134 valence electrons. The van der Waals surface area contributed by atoms with Crippen molar-refractivity contribution < 1.29 is 4.74 Å². The first-order chi connectivity index (χ1) is 12.7. The number of nitriles is 1. The van der Waals surface area contributed by atoms with E-state index in [4.69, 9.17) is 16.3 Å². The summed E-state index contributed by atoms with van der Waals surface area (Å²) in [4.78, 5) is 0. The van der Waals surface area contributed by atoms with Crippen molar-refractivity contribution in [3.63, 3.8) is 0 Å². The smallest absolute Gasteiger partial charge is 0.121 e. The van der Waals surface area contributed by atoms with Crippen molar-refractivity contribution in [2.24, 2.45) is 0 Å². The second kappa shape index (κ2) is 8.16. The van der Waals surface area contributed by atoms with Crippen molar-refractivity contribution in [2.75, 3.05) is 24.9 Å². The van der Waals surface area contributed by atoms with Crippen LogP contribution in [0.2, 0.25) is 0 Å². The Morgan fingerprint density at radius 2 is 2.08 bits per heavy atom. The second-order valence-electron chi connectivity index (χ2n) is 5.98. The predicted molar refractivity (Wildman–Crippen MR) is 108 cm³/mol. The first-order valence-corrected chi connectivity index (χ1v) is 9.30. The van der Waals surface area contributed by atoms with E-state index in [1.807, 2.05) is 43.4 Å². The minimum Gasteiger partial charge on any atom is -0.493 e. The fraction of sp³-hybridized carbons (Fsp3) is 0.286. The molecule has 0 radical (unpaired) electrons. The Kier molecular flexibility index (Phi) is 5.70. The largest absolute Gasteiger partial charge is 0.493 e. The van der Waals surface area contributed by atoms with Gasteiger partial charge in [0.2, 0.25) is 0 Å². The summed E-state index contributed by atoms with van der Waals surface area (Å²) in [5, 5.41) is 13.9. The molecule has 26 heavy (non-hydrogen) atoms. The van der Waals surface area contributed by atoms with Crippen LogP contribution in [0.1, 0.15) is 18.9 Å². The van der Waals surface area contributed by atoms with E-state index in [-0.39, 0.29) is 0 Å². The van der Waals surface area contributed by atoms with Gasteiger partial charge in [0.1, 0.15) is 11.8 Å². The third-order valence-corrected chi connectivity index (χ3v) is 4.70. The summed E-state index contributed by atoms with van der Waals surface area (Å²) < 4.78 is 7.97. The lowest BCUT2D eigenvalue weighted by Gasteiger charge is -2.11. The summed E-state index contributed by atoms with van der Waals surface area (Å²) in [5.74, 6) is 1.38. The molecule has 0 atom stereocenters. The SMILES string of the molecule is CCn1c(-c2cccc(NC)c2)c(C#N)c2ccc(OCCCCl)cc21. The lowest BCUT2D eigenvalue weighted by atomic mass is 10.1. The van der Waals surface area contributed by atoms with Crippen LogP contribution in [0, 0.1) is 11.3 Å². The van der Waals surface area contributed by atoms with Gasteiger partial charge in [0, 0.05) is 42.2 Å². The van der Waals surface area contributed by atoms with Crippen molar-refractivity contribution in [1.82, 2.24) is 4.57 Å². The summed E-state index contributed by atoms with van der Waals surface area (Å²) in [6.45, 7) is 3.44. The maximum atomic E-state index is 9.83. The zero-order valence-corrected chi connectivity index (χ0v) is 15.8. The number of halogens is 1. The molecule has 0 aliphatic heterocycles. The first-order valence-electron chi connectivity index (χ1n) is 8.76. The highest BCUT2D eigenvalue weighted by Gasteiger charge is 2.18. The monoisotopic (exact) mass is 367 g/mol. The average molecular weight is 368 g/mol. The normalized spacial score (nSPS) is 10.7. The topological polar surface area (TPSA) is 50.0 Å². The van der Waals surface area contributed by atoms with Crippen LogP contribution in [0.15, 0.2) is 42.5 Å². The molecule has 3 rings (SSSR count). The van der Waals surface area contributed by atoms with Crippen molar-refractivity contribution in [3.05, 3.63) is 48.0 Å². The van der Waals surface area contributed by atoms with Crippen molar-refractivity contribution >= 4 is 28.2 Å². The molecule has 0 spiro atoms. The van der Waals surface area contributed by atoms with Gasteiger partial charge in [-0.1, -0.05) is 12.1 Å². The number of anilines is 1. The Hall–Kier alpha value is -2.64. The Labute approximate surface area is 159 Å². The molecule has 4 nitrogen and oxygen atoms in total. The van der Waals surface area contributed by atoms with Gasteiger partial charge in [-0.3, -0.25) is 0 Å². The molecule has 0 amide bonds. The van der Waals surface area contributed by atoms with Gasteiger partial charge in [0.25, 0.3) is 0 Å². The van der Waals surface area contributed by atoms with Gasteiger partial charge in [0.15, 0.2) is 0 Å². The summed E-state index contributed by atoms with van der Waals surface area (Å²) >= 11 is 5.72. The molecule has 0 fully saturated rings. The van der Waals surface area contributed by atoms with Crippen LogP contribution < -0.4 is 10.1 Å². The second-order valence-corrected chi connectivity index (χ2v) is 6.36. The molecule has 3 aromatic rings. The number of hydrogen-bond donors (Lipinski definition) is 1. The third kappa shape index (κ3) is 3.36. The zero-order valence-electron chi connectivity index (χ0n) is 15.1. The van der Waals surface area contributed by atoms with Crippen LogP contribution in [0.4, 0.5) is 5.69 Å².